The Morgan fingerprint density at radius 1 is 1.06 bits per heavy atom. The maximum Gasteiger partial charge on any atom is 0.267 e. The number of rotatable bonds is 6. The van der Waals surface area contributed by atoms with E-state index in [1.165, 1.54) is 5.56 Å². The molecule has 1 heterocycles. The first-order valence-electron chi connectivity index (χ1n) is 10.2. The molecular weight excluding hydrogens is 392 g/mol. The highest BCUT2D eigenvalue weighted by Crippen LogP contribution is 2.36. The molecule has 1 atom stereocenters. The zero-order valence-corrected chi connectivity index (χ0v) is 17.5. The number of fused-ring (bicyclic) bond motifs is 1. The molecule has 0 aromatic heterocycles. The third-order valence-electron chi connectivity index (χ3n) is 5.25. The highest BCUT2D eigenvalue weighted by Gasteiger charge is 2.31. The molecular formula is C25H24N2O4. The Balaban J connectivity index is 1.51. The summed E-state index contributed by atoms with van der Waals surface area (Å²) in [7, 11) is 1.58. The highest BCUT2D eigenvalue weighted by molar-refractivity contribution is 6.05. The molecule has 1 aliphatic heterocycles. The molecule has 2 amide bonds. The van der Waals surface area contributed by atoms with Crippen molar-refractivity contribution in [1.29, 1.82) is 0 Å². The summed E-state index contributed by atoms with van der Waals surface area (Å²) in [6.45, 7) is 2.30. The van der Waals surface area contributed by atoms with Crippen LogP contribution in [-0.4, -0.2) is 31.6 Å². The lowest BCUT2D eigenvalue weighted by molar-refractivity contribution is -0.125. The Labute approximate surface area is 181 Å². The molecule has 0 fully saturated rings. The molecule has 1 N–H and O–H groups in total. The lowest BCUT2D eigenvalue weighted by Gasteiger charge is -2.33. The molecule has 0 saturated carbocycles. The van der Waals surface area contributed by atoms with Crippen LogP contribution in [-0.2, 0) is 11.2 Å². The van der Waals surface area contributed by atoms with Crippen molar-refractivity contribution in [3.8, 4) is 11.5 Å². The molecule has 31 heavy (non-hydrogen) atoms. The Hall–Kier alpha value is -3.80. The molecule has 0 saturated heterocycles. The molecule has 6 nitrogen and oxygen atoms in total. The van der Waals surface area contributed by atoms with Gasteiger partial charge in [-0.05, 0) is 55.3 Å². The SMILES string of the molecule is COc1ccc(C(=O)Nc2ccc3c(c2)OC(C)C(=O)N3CCc2ccccc2)cc1. The number of amides is 2. The maximum atomic E-state index is 12.7. The topological polar surface area (TPSA) is 67.9 Å². The van der Waals surface area contributed by atoms with E-state index in [1.54, 1.807) is 55.3 Å². The van der Waals surface area contributed by atoms with Crippen molar-refractivity contribution in [3.05, 3.63) is 83.9 Å². The molecule has 3 aromatic carbocycles. The number of carbonyl (C=O) groups is 2. The molecule has 3 aromatic rings. The van der Waals surface area contributed by atoms with Crippen LogP contribution in [0.3, 0.4) is 0 Å². The number of benzene rings is 3. The fourth-order valence-electron chi connectivity index (χ4n) is 3.55. The molecule has 6 heteroatoms. The van der Waals surface area contributed by atoms with Gasteiger partial charge in [-0.2, -0.15) is 0 Å². The molecule has 0 aliphatic carbocycles. The van der Waals surface area contributed by atoms with Crippen LogP contribution >= 0.6 is 0 Å². The third-order valence-corrected chi connectivity index (χ3v) is 5.25. The summed E-state index contributed by atoms with van der Waals surface area (Å²) < 4.78 is 11.0. The summed E-state index contributed by atoms with van der Waals surface area (Å²) in [5.74, 6) is 0.961. The van der Waals surface area contributed by atoms with Crippen molar-refractivity contribution in [2.45, 2.75) is 19.4 Å². The standard InChI is InChI=1S/C25H24N2O4/c1-17-25(29)27(15-14-18-6-4-3-5-7-18)22-13-10-20(16-23(22)31-17)26-24(28)19-8-11-21(30-2)12-9-19/h3-13,16-17H,14-15H2,1-2H3,(H,26,28). The zero-order valence-electron chi connectivity index (χ0n) is 17.5. The number of hydrogen-bond acceptors (Lipinski definition) is 4. The minimum Gasteiger partial charge on any atom is -0.497 e. The van der Waals surface area contributed by atoms with Crippen molar-refractivity contribution in [3.63, 3.8) is 0 Å². The number of carbonyl (C=O) groups excluding carboxylic acids is 2. The predicted octanol–water partition coefficient (Wildman–Crippen LogP) is 4.30. The summed E-state index contributed by atoms with van der Waals surface area (Å²) in [5.41, 5.74) is 3.00. The van der Waals surface area contributed by atoms with Crippen LogP contribution in [0.2, 0.25) is 0 Å². The summed E-state index contributed by atoms with van der Waals surface area (Å²) in [6.07, 6.45) is 0.158. The fourth-order valence-corrected chi connectivity index (χ4v) is 3.55. The van der Waals surface area contributed by atoms with Gasteiger partial charge in [-0.1, -0.05) is 30.3 Å². The number of anilines is 2. The quantitative estimate of drug-likeness (QED) is 0.650. The molecule has 0 radical (unpaired) electrons. The van der Waals surface area contributed by atoms with Crippen LogP contribution in [0.15, 0.2) is 72.8 Å². The lowest BCUT2D eigenvalue weighted by atomic mass is 10.1. The number of nitrogens with zero attached hydrogens (tertiary/aromatic N) is 1. The predicted molar refractivity (Wildman–Crippen MR) is 120 cm³/mol. The summed E-state index contributed by atoms with van der Waals surface area (Å²) in [4.78, 5) is 27.1. The van der Waals surface area contributed by atoms with E-state index in [4.69, 9.17) is 9.47 Å². The monoisotopic (exact) mass is 416 g/mol. The molecule has 0 bridgehead atoms. The number of nitrogens with one attached hydrogen (secondary N) is 1. The Bertz CT molecular complexity index is 1080. The van der Waals surface area contributed by atoms with Gasteiger partial charge in [0.2, 0.25) is 0 Å². The van der Waals surface area contributed by atoms with Crippen molar-refractivity contribution < 1.29 is 19.1 Å². The Kier molecular flexibility index (Phi) is 5.89. The van der Waals surface area contributed by atoms with E-state index in [1.807, 2.05) is 36.4 Å². The summed E-state index contributed by atoms with van der Waals surface area (Å²) >= 11 is 0. The normalized spacial score (nSPS) is 15.1. The highest BCUT2D eigenvalue weighted by atomic mass is 16.5. The fraction of sp³-hybridized carbons (Fsp3) is 0.200. The Morgan fingerprint density at radius 3 is 2.52 bits per heavy atom. The van der Waals surface area contributed by atoms with E-state index in [-0.39, 0.29) is 11.8 Å². The number of ether oxygens (including phenoxy) is 2. The number of hydrogen-bond donors (Lipinski definition) is 1. The second-order valence-electron chi connectivity index (χ2n) is 7.35. The summed E-state index contributed by atoms with van der Waals surface area (Å²) in [6, 6.07) is 22.3. The molecule has 4 rings (SSSR count). The van der Waals surface area contributed by atoms with Crippen molar-refractivity contribution in [2.75, 3.05) is 23.9 Å². The van der Waals surface area contributed by atoms with E-state index in [0.29, 0.717) is 35.0 Å². The van der Waals surface area contributed by atoms with Gasteiger partial charge < -0.3 is 19.7 Å². The second-order valence-corrected chi connectivity index (χ2v) is 7.35. The average molecular weight is 416 g/mol. The van der Waals surface area contributed by atoms with Gasteiger partial charge in [-0.25, -0.2) is 0 Å². The van der Waals surface area contributed by atoms with Crippen LogP contribution in [0.25, 0.3) is 0 Å². The van der Waals surface area contributed by atoms with Crippen LogP contribution < -0.4 is 19.7 Å². The van der Waals surface area contributed by atoms with E-state index in [9.17, 15) is 9.59 Å². The first-order chi connectivity index (χ1) is 15.0. The van der Waals surface area contributed by atoms with Gasteiger partial charge in [0.1, 0.15) is 11.5 Å². The summed E-state index contributed by atoms with van der Waals surface area (Å²) in [5, 5.41) is 2.88. The van der Waals surface area contributed by atoms with Gasteiger partial charge in [0.15, 0.2) is 6.10 Å². The Morgan fingerprint density at radius 2 is 1.81 bits per heavy atom. The molecule has 1 aliphatic rings. The van der Waals surface area contributed by atoms with Crippen molar-refractivity contribution in [2.24, 2.45) is 0 Å². The van der Waals surface area contributed by atoms with Crippen molar-refractivity contribution >= 4 is 23.2 Å². The molecule has 158 valence electrons. The van der Waals surface area contributed by atoms with Gasteiger partial charge in [-0.3, -0.25) is 9.59 Å². The van der Waals surface area contributed by atoms with Gasteiger partial charge in [-0.15, -0.1) is 0 Å². The van der Waals surface area contributed by atoms with Crippen LogP contribution in [0, 0.1) is 0 Å². The van der Waals surface area contributed by atoms with E-state index >= 15 is 0 Å². The minimum atomic E-state index is -0.587. The smallest absolute Gasteiger partial charge is 0.267 e. The van der Waals surface area contributed by atoms with Gasteiger partial charge in [0.05, 0.1) is 12.8 Å². The van der Waals surface area contributed by atoms with Gasteiger partial charge in [0.25, 0.3) is 11.8 Å². The number of methoxy groups -OCH3 is 1. The zero-order chi connectivity index (χ0) is 21.8. The van der Waals surface area contributed by atoms with Gasteiger partial charge in [0, 0.05) is 23.9 Å². The lowest BCUT2D eigenvalue weighted by Crippen LogP contribution is -2.45. The minimum absolute atomic E-state index is 0.0709. The first-order valence-corrected chi connectivity index (χ1v) is 10.2. The molecule has 1 unspecified atom stereocenters. The third kappa shape index (κ3) is 4.53. The largest absolute Gasteiger partial charge is 0.497 e. The van der Waals surface area contributed by atoms with Crippen molar-refractivity contribution in [1.82, 2.24) is 0 Å². The maximum absolute atomic E-state index is 12.7. The van der Waals surface area contributed by atoms with E-state index in [0.717, 1.165) is 6.42 Å². The molecule has 0 spiro atoms. The first kappa shape index (κ1) is 20.5. The second kappa shape index (κ2) is 8.92. The van der Waals surface area contributed by atoms with E-state index in [2.05, 4.69) is 5.32 Å². The van der Waals surface area contributed by atoms with Gasteiger partial charge >= 0.3 is 0 Å². The van der Waals surface area contributed by atoms with Crippen LogP contribution in [0.1, 0.15) is 22.8 Å². The van der Waals surface area contributed by atoms with Crippen LogP contribution in [0.5, 0.6) is 11.5 Å². The van der Waals surface area contributed by atoms with Crippen LogP contribution in [0.4, 0.5) is 11.4 Å². The van der Waals surface area contributed by atoms with E-state index < -0.39 is 6.10 Å². The average Bonchev–Trinajstić information content (AvgIpc) is 2.80.